The number of carbonyl (C=O) groups excluding carboxylic acids is 1. The van der Waals surface area contributed by atoms with Gasteiger partial charge in [0.05, 0.1) is 14.2 Å². The quantitative estimate of drug-likeness (QED) is 0.586. The summed E-state index contributed by atoms with van der Waals surface area (Å²) in [6.07, 6.45) is 1.49. The molecule has 0 N–H and O–H groups in total. The van der Waals surface area contributed by atoms with E-state index >= 15 is 0 Å². The summed E-state index contributed by atoms with van der Waals surface area (Å²) in [6.45, 7) is 3.96. The summed E-state index contributed by atoms with van der Waals surface area (Å²) in [7, 11) is 3.21. The number of aromatic nitrogens is 2. The number of piperazine rings is 1. The molecule has 0 spiro atoms. The van der Waals surface area contributed by atoms with Crippen molar-refractivity contribution in [3.05, 3.63) is 66.5 Å². The molecule has 2 aromatic carbocycles. The zero-order valence-electron chi connectivity index (χ0n) is 18.4. The third-order valence-corrected chi connectivity index (χ3v) is 5.46. The number of hydrogen-bond donors (Lipinski definition) is 0. The molecule has 3 aromatic rings. The molecule has 8 heteroatoms. The van der Waals surface area contributed by atoms with Crippen LogP contribution in [-0.2, 0) is 0 Å². The van der Waals surface area contributed by atoms with Crippen molar-refractivity contribution in [1.29, 1.82) is 0 Å². The molecule has 4 rings (SSSR count). The molecule has 1 unspecified atom stereocenters. The van der Waals surface area contributed by atoms with Gasteiger partial charge >= 0.3 is 0 Å². The van der Waals surface area contributed by atoms with Gasteiger partial charge in [-0.25, -0.2) is 9.97 Å². The molecule has 0 bridgehead atoms. The van der Waals surface area contributed by atoms with E-state index in [1.807, 2.05) is 36.1 Å². The molecule has 1 aliphatic heterocycles. The number of nitrogens with zero attached hydrogens (tertiary/aromatic N) is 4. The summed E-state index contributed by atoms with van der Waals surface area (Å²) in [5, 5.41) is 0. The van der Waals surface area contributed by atoms with E-state index in [-0.39, 0.29) is 11.9 Å². The maximum absolute atomic E-state index is 13.0. The fourth-order valence-electron chi connectivity index (χ4n) is 3.74. The number of rotatable bonds is 6. The number of carbonyl (C=O) groups is 1. The van der Waals surface area contributed by atoms with Crippen molar-refractivity contribution in [2.75, 3.05) is 38.8 Å². The molecule has 0 radical (unpaired) electrons. The summed E-state index contributed by atoms with van der Waals surface area (Å²) < 4.78 is 16.4. The maximum Gasteiger partial charge on any atom is 0.254 e. The van der Waals surface area contributed by atoms with Crippen molar-refractivity contribution < 1.29 is 19.0 Å². The van der Waals surface area contributed by atoms with Crippen molar-refractivity contribution in [1.82, 2.24) is 14.9 Å². The second-order valence-electron chi connectivity index (χ2n) is 7.49. The summed E-state index contributed by atoms with van der Waals surface area (Å²) in [5.41, 5.74) is 0.653. The molecule has 32 heavy (non-hydrogen) atoms. The largest absolute Gasteiger partial charge is 0.497 e. The lowest BCUT2D eigenvalue weighted by Gasteiger charge is -2.40. The van der Waals surface area contributed by atoms with E-state index in [9.17, 15) is 4.79 Å². The highest BCUT2D eigenvalue weighted by Crippen LogP contribution is 2.31. The Hall–Kier alpha value is -3.81. The fraction of sp³-hybridized carbons (Fsp3) is 0.292. The van der Waals surface area contributed by atoms with Crippen LogP contribution in [0.25, 0.3) is 0 Å². The average Bonchev–Trinajstić information content (AvgIpc) is 2.84. The molecule has 1 aliphatic rings. The van der Waals surface area contributed by atoms with Gasteiger partial charge < -0.3 is 24.0 Å². The highest BCUT2D eigenvalue weighted by Gasteiger charge is 2.29. The zero-order valence-corrected chi connectivity index (χ0v) is 18.4. The Morgan fingerprint density at radius 2 is 1.72 bits per heavy atom. The van der Waals surface area contributed by atoms with Gasteiger partial charge in [0.15, 0.2) is 11.5 Å². The second kappa shape index (κ2) is 9.55. The lowest BCUT2D eigenvalue weighted by molar-refractivity contribution is 0.0673. The Morgan fingerprint density at radius 3 is 2.41 bits per heavy atom. The van der Waals surface area contributed by atoms with Crippen LogP contribution in [0.5, 0.6) is 23.1 Å². The van der Waals surface area contributed by atoms with E-state index in [0.29, 0.717) is 42.6 Å². The minimum atomic E-state index is 0.0164. The van der Waals surface area contributed by atoms with Crippen molar-refractivity contribution >= 4 is 11.7 Å². The predicted molar refractivity (Wildman–Crippen MR) is 121 cm³/mol. The van der Waals surface area contributed by atoms with Crippen LogP contribution in [0.1, 0.15) is 17.3 Å². The topological polar surface area (TPSA) is 77.0 Å². The molecule has 1 fully saturated rings. The Bertz CT molecular complexity index is 1070. The van der Waals surface area contributed by atoms with E-state index in [2.05, 4.69) is 14.9 Å². The molecule has 1 aromatic heterocycles. The van der Waals surface area contributed by atoms with Crippen molar-refractivity contribution in [2.24, 2.45) is 0 Å². The van der Waals surface area contributed by atoms with E-state index in [1.54, 1.807) is 44.6 Å². The molecule has 0 aliphatic carbocycles. The summed E-state index contributed by atoms with van der Waals surface area (Å²) in [6, 6.07) is 16.4. The Balaban J connectivity index is 1.44. The van der Waals surface area contributed by atoms with Gasteiger partial charge in [0.25, 0.3) is 5.91 Å². The smallest absolute Gasteiger partial charge is 0.254 e. The van der Waals surface area contributed by atoms with Gasteiger partial charge in [-0.3, -0.25) is 4.79 Å². The van der Waals surface area contributed by atoms with Crippen LogP contribution in [0.4, 0.5) is 5.82 Å². The number of hydrogen-bond acceptors (Lipinski definition) is 7. The summed E-state index contributed by atoms with van der Waals surface area (Å²) in [4.78, 5) is 25.7. The van der Waals surface area contributed by atoms with Gasteiger partial charge in [-0.1, -0.05) is 12.1 Å². The van der Waals surface area contributed by atoms with Crippen LogP contribution >= 0.6 is 0 Å². The number of para-hydroxylation sites is 2. The standard InChI is InChI=1S/C24H26N4O4/c1-17-15-27(12-13-28(17)24(29)18-8-10-19(30-2)11-9-18)22-14-23(26-16-25-22)32-21-7-5-4-6-20(21)31-3/h4-11,14,16-17H,12-13,15H2,1-3H3. The average molecular weight is 434 g/mol. The van der Waals surface area contributed by atoms with Gasteiger partial charge in [-0.2, -0.15) is 0 Å². The van der Waals surface area contributed by atoms with Crippen LogP contribution in [-0.4, -0.2) is 60.7 Å². The molecule has 166 valence electrons. The number of methoxy groups -OCH3 is 2. The molecule has 0 saturated carbocycles. The van der Waals surface area contributed by atoms with Crippen molar-refractivity contribution in [3.63, 3.8) is 0 Å². The number of benzene rings is 2. The van der Waals surface area contributed by atoms with E-state index < -0.39 is 0 Å². The Kier molecular flexibility index (Phi) is 6.39. The molecular formula is C24H26N4O4. The van der Waals surface area contributed by atoms with Crippen LogP contribution in [0.3, 0.4) is 0 Å². The van der Waals surface area contributed by atoms with Crippen molar-refractivity contribution in [2.45, 2.75) is 13.0 Å². The highest BCUT2D eigenvalue weighted by molar-refractivity contribution is 5.94. The number of ether oxygens (including phenoxy) is 3. The molecular weight excluding hydrogens is 408 g/mol. The Labute approximate surface area is 187 Å². The lowest BCUT2D eigenvalue weighted by atomic mass is 10.1. The van der Waals surface area contributed by atoms with Crippen molar-refractivity contribution in [3.8, 4) is 23.1 Å². The van der Waals surface area contributed by atoms with Gasteiger partial charge in [0.2, 0.25) is 5.88 Å². The minimum absolute atomic E-state index is 0.0164. The molecule has 1 atom stereocenters. The first-order valence-corrected chi connectivity index (χ1v) is 10.4. The normalized spacial score (nSPS) is 15.9. The first-order valence-electron chi connectivity index (χ1n) is 10.4. The first-order chi connectivity index (χ1) is 15.6. The van der Waals surface area contributed by atoms with Gasteiger partial charge in [-0.05, 0) is 43.3 Å². The Morgan fingerprint density at radius 1 is 0.969 bits per heavy atom. The third kappa shape index (κ3) is 4.59. The van der Waals surface area contributed by atoms with Crippen LogP contribution in [0.2, 0.25) is 0 Å². The fourth-order valence-corrected chi connectivity index (χ4v) is 3.74. The number of amides is 1. The monoisotopic (exact) mass is 434 g/mol. The molecule has 2 heterocycles. The minimum Gasteiger partial charge on any atom is -0.497 e. The summed E-state index contributed by atoms with van der Waals surface area (Å²) in [5.74, 6) is 3.16. The first kappa shape index (κ1) is 21.4. The van der Waals surface area contributed by atoms with Gasteiger partial charge in [0, 0.05) is 37.3 Å². The van der Waals surface area contributed by atoms with E-state index in [0.717, 1.165) is 11.6 Å². The van der Waals surface area contributed by atoms with E-state index in [1.165, 1.54) is 6.33 Å². The predicted octanol–water partition coefficient (Wildman–Crippen LogP) is 3.64. The van der Waals surface area contributed by atoms with Gasteiger partial charge in [-0.15, -0.1) is 0 Å². The third-order valence-electron chi connectivity index (χ3n) is 5.46. The summed E-state index contributed by atoms with van der Waals surface area (Å²) >= 11 is 0. The highest BCUT2D eigenvalue weighted by atomic mass is 16.5. The van der Waals surface area contributed by atoms with Crippen LogP contribution in [0.15, 0.2) is 60.9 Å². The molecule has 1 saturated heterocycles. The number of anilines is 1. The zero-order chi connectivity index (χ0) is 22.5. The van der Waals surface area contributed by atoms with Crippen LogP contribution < -0.4 is 19.1 Å². The lowest BCUT2D eigenvalue weighted by Crippen LogP contribution is -2.54. The SMILES string of the molecule is COc1ccc(C(=O)N2CCN(c3cc(Oc4ccccc4OC)ncn3)CC2C)cc1. The maximum atomic E-state index is 13.0. The van der Waals surface area contributed by atoms with Crippen LogP contribution in [0, 0.1) is 0 Å². The van der Waals surface area contributed by atoms with Gasteiger partial charge in [0.1, 0.15) is 17.9 Å². The second-order valence-corrected chi connectivity index (χ2v) is 7.49. The van der Waals surface area contributed by atoms with E-state index in [4.69, 9.17) is 14.2 Å². The molecule has 8 nitrogen and oxygen atoms in total. The molecule has 1 amide bonds.